The summed E-state index contributed by atoms with van der Waals surface area (Å²) in [5, 5.41) is 0. The second kappa shape index (κ2) is 6.62. The Morgan fingerprint density at radius 3 is 1.86 bits per heavy atom. The van der Waals surface area contributed by atoms with Crippen molar-refractivity contribution in [1.29, 1.82) is 0 Å². The Balaban J connectivity index is 0. The van der Waals surface area contributed by atoms with E-state index in [2.05, 4.69) is 20.8 Å². The Bertz CT molecular complexity index is 25.4. The zero-order chi connectivity index (χ0) is 4.99. The van der Waals surface area contributed by atoms with Crippen LogP contribution in [0.15, 0.2) is 0 Å². The van der Waals surface area contributed by atoms with Gasteiger partial charge in [-0.05, 0) is 5.92 Å². The first-order chi connectivity index (χ1) is 2.77. The zero-order valence-corrected chi connectivity index (χ0v) is 8.37. The summed E-state index contributed by atoms with van der Waals surface area (Å²) in [6, 6.07) is 0. The maximum Gasteiger partial charge on any atom is 0 e. The molecule has 7 heavy (non-hydrogen) atoms. The normalized spacial score (nSPS) is 8.57. The summed E-state index contributed by atoms with van der Waals surface area (Å²) in [6.45, 7) is 8.15. The molecule has 0 atom stereocenters. The van der Waals surface area contributed by atoms with E-state index >= 15 is 0 Å². The fraction of sp³-hybridized carbons (Fsp3) is 0.833. The molecule has 0 bridgehead atoms. The molecule has 39 valence electrons. The second-order valence-corrected chi connectivity index (χ2v) is 2.04. The molecule has 0 rings (SSSR count). The van der Waals surface area contributed by atoms with Crippen molar-refractivity contribution in [3.05, 3.63) is 6.92 Å². The molecule has 0 nitrogen and oxygen atoms in total. The van der Waals surface area contributed by atoms with E-state index in [0.717, 1.165) is 12.3 Å². The molecule has 0 aliphatic carbocycles. The topological polar surface area (TPSA) is 0 Å². The van der Waals surface area contributed by atoms with Crippen molar-refractivity contribution in [3.8, 4) is 0 Å². The molecule has 0 spiro atoms. The summed E-state index contributed by atoms with van der Waals surface area (Å²) in [5.41, 5.74) is 0. The molecule has 0 aromatic heterocycles. The molecule has 0 saturated carbocycles. The Kier molecular flexibility index (Phi) is 10.0. The van der Waals surface area contributed by atoms with Gasteiger partial charge in [0.15, 0.2) is 0 Å². The van der Waals surface area contributed by atoms with Crippen LogP contribution in [0.5, 0.6) is 0 Å². The molecule has 0 aromatic carbocycles. The molecule has 0 saturated heterocycles. The predicted molar refractivity (Wildman–Crippen MR) is 29.4 cm³/mol. The molecule has 0 unspecified atom stereocenters. The minimum atomic E-state index is 0. The minimum Gasteiger partial charge on any atom is -0.0628 e. The van der Waals surface area contributed by atoms with E-state index < -0.39 is 0 Å². The molecular weight excluding hydrogens is 137 g/mol. The van der Waals surface area contributed by atoms with Crippen LogP contribution in [0.3, 0.4) is 0 Å². The van der Waals surface area contributed by atoms with Gasteiger partial charge in [-0.1, -0.05) is 33.6 Å². The number of rotatable bonds is 2. The fourth-order valence-corrected chi connectivity index (χ4v) is 0.408. The first kappa shape index (κ1) is 10.6. The van der Waals surface area contributed by atoms with Crippen molar-refractivity contribution in [1.82, 2.24) is 0 Å². The van der Waals surface area contributed by atoms with E-state index in [1.165, 1.54) is 6.42 Å². The molecular formula is C6H13Zn. The van der Waals surface area contributed by atoms with Gasteiger partial charge in [-0.3, -0.25) is 0 Å². The minimum absolute atomic E-state index is 0. The molecule has 0 aliphatic rings. The average Bonchev–Trinajstić information content (AvgIpc) is 1.35. The summed E-state index contributed by atoms with van der Waals surface area (Å²) >= 11 is 0. The van der Waals surface area contributed by atoms with Gasteiger partial charge in [0.05, 0.1) is 0 Å². The van der Waals surface area contributed by atoms with Crippen LogP contribution >= 0.6 is 0 Å². The Labute approximate surface area is 59.4 Å². The van der Waals surface area contributed by atoms with Crippen LogP contribution < -0.4 is 0 Å². The van der Waals surface area contributed by atoms with Crippen molar-refractivity contribution in [2.45, 2.75) is 26.7 Å². The van der Waals surface area contributed by atoms with E-state index in [1.807, 2.05) is 0 Å². The van der Waals surface area contributed by atoms with Gasteiger partial charge in [0.2, 0.25) is 0 Å². The first-order valence-electron chi connectivity index (χ1n) is 2.56. The summed E-state index contributed by atoms with van der Waals surface area (Å²) in [7, 11) is 0. The zero-order valence-electron chi connectivity index (χ0n) is 5.41. The van der Waals surface area contributed by atoms with Crippen molar-refractivity contribution in [2.75, 3.05) is 0 Å². The van der Waals surface area contributed by atoms with E-state index in [4.69, 9.17) is 0 Å². The molecule has 0 heterocycles. The van der Waals surface area contributed by atoms with Crippen LogP contribution in [-0.2, 0) is 19.5 Å². The summed E-state index contributed by atoms with van der Waals surface area (Å²) in [5.74, 6) is 0.836. The fourth-order valence-electron chi connectivity index (χ4n) is 0.408. The molecule has 0 fully saturated rings. The van der Waals surface area contributed by atoms with Crippen LogP contribution in [0.4, 0.5) is 0 Å². The Hall–Kier alpha value is 0.623. The van der Waals surface area contributed by atoms with E-state index in [0.29, 0.717) is 0 Å². The summed E-state index contributed by atoms with van der Waals surface area (Å²) < 4.78 is 0. The first-order valence-corrected chi connectivity index (χ1v) is 2.56. The van der Waals surface area contributed by atoms with Gasteiger partial charge in [0.25, 0.3) is 0 Å². The van der Waals surface area contributed by atoms with Gasteiger partial charge in [-0.25, -0.2) is 0 Å². The molecule has 1 radical (unpaired) electrons. The van der Waals surface area contributed by atoms with Crippen molar-refractivity contribution in [2.24, 2.45) is 5.92 Å². The molecule has 1 heteroatoms. The van der Waals surface area contributed by atoms with Gasteiger partial charge in [0.1, 0.15) is 0 Å². The standard InChI is InChI=1S/C6H13.Zn/c1-4-5-6(2)3;/h6H,1,4-5H2,2-3H3;. The molecule has 0 aliphatic heterocycles. The van der Waals surface area contributed by atoms with Crippen molar-refractivity contribution < 1.29 is 19.5 Å². The summed E-state index contributed by atoms with van der Waals surface area (Å²) in [4.78, 5) is 0. The monoisotopic (exact) mass is 149 g/mol. The van der Waals surface area contributed by atoms with Crippen LogP contribution in [0.2, 0.25) is 0 Å². The molecule has 0 amide bonds. The van der Waals surface area contributed by atoms with Crippen LogP contribution in [0, 0.1) is 12.8 Å². The van der Waals surface area contributed by atoms with E-state index in [1.54, 1.807) is 0 Å². The third-order valence-electron chi connectivity index (χ3n) is 0.781. The number of hydrogen-bond acceptors (Lipinski definition) is 0. The smallest absolute Gasteiger partial charge is 0 e. The Morgan fingerprint density at radius 2 is 1.86 bits per heavy atom. The second-order valence-electron chi connectivity index (χ2n) is 2.04. The van der Waals surface area contributed by atoms with Crippen LogP contribution in [0.25, 0.3) is 0 Å². The quantitative estimate of drug-likeness (QED) is 0.530. The molecule has 0 aromatic rings. The van der Waals surface area contributed by atoms with Crippen LogP contribution in [-0.4, -0.2) is 0 Å². The van der Waals surface area contributed by atoms with Crippen molar-refractivity contribution in [3.63, 3.8) is 0 Å². The maximum atomic E-state index is 3.73. The van der Waals surface area contributed by atoms with Gasteiger partial charge in [0, 0.05) is 19.5 Å². The van der Waals surface area contributed by atoms with Crippen LogP contribution in [0.1, 0.15) is 26.7 Å². The van der Waals surface area contributed by atoms with Gasteiger partial charge in [-0.15, -0.1) is 0 Å². The SMILES string of the molecule is [CH2]CCC(C)C.[Zn]. The third kappa shape index (κ3) is 10.8. The van der Waals surface area contributed by atoms with Crippen molar-refractivity contribution >= 4 is 0 Å². The summed E-state index contributed by atoms with van der Waals surface area (Å²) in [6.07, 6.45) is 2.34. The third-order valence-corrected chi connectivity index (χ3v) is 0.781. The number of hydrogen-bond donors (Lipinski definition) is 0. The van der Waals surface area contributed by atoms with E-state index in [-0.39, 0.29) is 19.5 Å². The molecule has 0 N–H and O–H groups in total. The maximum absolute atomic E-state index is 3.73. The Morgan fingerprint density at radius 1 is 1.43 bits per heavy atom. The van der Waals surface area contributed by atoms with E-state index in [9.17, 15) is 0 Å². The van der Waals surface area contributed by atoms with Gasteiger partial charge < -0.3 is 0 Å². The van der Waals surface area contributed by atoms with Gasteiger partial charge >= 0.3 is 0 Å². The average molecular weight is 151 g/mol. The predicted octanol–water partition coefficient (Wildman–Crippen LogP) is 2.25. The van der Waals surface area contributed by atoms with Gasteiger partial charge in [-0.2, -0.15) is 0 Å². The largest absolute Gasteiger partial charge is 0.0628 e.